The molecule has 1 fully saturated rings. The molecule has 0 atom stereocenters. The molecule has 0 bridgehead atoms. The van der Waals surface area contributed by atoms with Gasteiger partial charge >= 0.3 is 0 Å². The van der Waals surface area contributed by atoms with Crippen LogP contribution in [-0.2, 0) is 5.54 Å². The van der Waals surface area contributed by atoms with Crippen LogP contribution in [-0.4, -0.2) is 19.1 Å². The first kappa shape index (κ1) is 17.3. The number of rotatable bonds is 7. The molecule has 1 aliphatic rings. The van der Waals surface area contributed by atoms with Crippen molar-refractivity contribution in [2.24, 2.45) is 0 Å². The van der Waals surface area contributed by atoms with Crippen molar-refractivity contribution in [3.63, 3.8) is 0 Å². The van der Waals surface area contributed by atoms with Crippen molar-refractivity contribution in [3.8, 4) is 11.5 Å². The molecule has 1 amide bonds. The molecule has 0 heterocycles. The van der Waals surface area contributed by atoms with Crippen LogP contribution in [0.25, 0.3) is 0 Å². The molecule has 0 radical (unpaired) electrons. The molecule has 4 nitrogen and oxygen atoms in total. The minimum atomic E-state index is -0.247. The summed E-state index contributed by atoms with van der Waals surface area (Å²) in [7, 11) is 0. The minimum absolute atomic E-state index is 0.0763. The Balaban J connectivity index is 1.82. The third kappa shape index (κ3) is 3.63. The average molecular weight is 339 g/mol. The van der Waals surface area contributed by atoms with E-state index in [0.29, 0.717) is 30.3 Å². The first-order valence-corrected chi connectivity index (χ1v) is 8.96. The number of hydrogen-bond donors (Lipinski definition) is 1. The molecule has 2 aromatic carbocycles. The van der Waals surface area contributed by atoms with Gasteiger partial charge in [-0.1, -0.05) is 30.3 Å². The van der Waals surface area contributed by atoms with Gasteiger partial charge in [-0.25, -0.2) is 0 Å². The lowest BCUT2D eigenvalue weighted by atomic mass is 9.71. The van der Waals surface area contributed by atoms with Crippen LogP contribution in [0, 0.1) is 0 Å². The van der Waals surface area contributed by atoms with Crippen molar-refractivity contribution in [1.29, 1.82) is 0 Å². The van der Waals surface area contributed by atoms with Gasteiger partial charge in [0.2, 0.25) is 0 Å². The maximum atomic E-state index is 12.8. The fraction of sp³-hybridized carbons (Fsp3) is 0.381. The van der Waals surface area contributed by atoms with Gasteiger partial charge in [0.25, 0.3) is 5.91 Å². The van der Waals surface area contributed by atoms with Gasteiger partial charge in [-0.15, -0.1) is 0 Å². The van der Waals surface area contributed by atoms with Gasteiger partial charge in [-0.05, 0) is 56.9 Å². The highest BCUT2D eigenvalue weighted by molar-refractivity contribution is 5.95. The summed E-state index contributed by atoms with van der Waals surface area (Å²) in [4.78, 5) is 12.8. The summed E-state index contributed by atoms with van der Waals surface area (Å²) in [6.07, 6.45) is 3.07. The number of nitrogens with one attached hydrogen (secondary N) is 1. The molecule has 1 aliphatic carbocycles. The highest BCUT2D eigenvalue weighted by atomic mass is 16.5. The van der Waals surface area contributed by atoms with Crippen LogP contribution in [0.15, 0.2) is 48.5 Å². The lowest BCUT2D eigenvalue weighted by molar-refractivity contribution is 0.0823. The van der Waals surface area contributed by atoms with Crippen molar-refractivity contribution in [2.75, 3.05) is 13.2 Å². The summed E-state index contributed by atoms with van der Waals surface area (Å²) in [6.45, 7) is 4.93. The molecule has 1 N–H and O–H groups in total. The lowest BCUT2D eigenvalue weighted by Gasteiger charge is -2.43. The monoisotopic (exact) mass is 339 g/mol. The van der Waals surface area contributed by atoms with E-state index in [-0.39, 0.29) is 11.4 Å². The van der Waals surface area contributed by atoms with Crippen LogP contribution in [0.3, 0.4) is 0 Å². The topological polar surface area (TPSA) is 47.6 Å². The maximum Gasteiger partial charge on any atom is 0.252 e. The van der Waals surface area contributed by atoms with Crippen LogP contribution >= 0.6 is 0 Å². The molecule has 0 aromatic heterocycles. The Morgan fingerprint density at radius 3 is 2.28 bits per heavy atom. The molecule has 0 aliphatic heterocycles. The van der Waals surface area contributed by atoms with E-state index in [9.17, 15) is 4.79 Å². The predicted octanol–water partition coefficient (Wildman–Crippen LogP) is 4.29. The molecule has 0 spiro atoms. The van der Waals surface area contributed by atoms with E-state index in [4.69, 9.17) is 9.47 Å². The number of carbonyl (C=O) groups excluding carboxylic acids is 1. The Bertz CT molecular complexity index is 723. The van der Waals surface area contributed by atoms with Crippen molar-refractivity contribution in [1.82, 2.24) is 5.32 Å². The van der Waals surface area contributed by atoms with Crippen LogP contribution in [0.5, 0.6) is 11.5 Å². The second-order valence-electron chi connectivity index (χ2n) is 6.28. The average Bonchev–Trinajstić information content (AvgIpc) is 2.60. The third-order valence-corrected chi connectivity index (χ3v) is 4.69. The Kier molecular flexibility index (Phi) is 5.27. The van der Waals surface area contributed by atoms with Crippen molar-refractivity contribution in [2.45, 2.75) is 38.6 Å². The van der Waals surface area contributed by atoms with Crippen LogP contribution < -0.4 is 14.8 Å². The minimum Gasteiger partial charge on any atom is -0.490 e. The van der Waals surface area contributed by atoms with Crippen LogP contribution in [0.4, 0.5) is 0 Å². The first-order valence-electron chi connectivity index (χ1n) is 8.96. The second kappa shape index (κ2) is 7.60. The van der Waals surface area contributed by atoms with E-state index < -0.39 is 0 Å². The Morgan fingerprint density at radius 2 is 1.68 bits per heavy atom. The van der Waals surface area contributed by atoms with Crippen molar-refractivity contribution >= 4 is 5.91 Å². The third-order valence-electron chi connectivity index (χ3n) is 4.69. The fourth-order valence-electron chi connectivity index (χ4n) is 3.26. The molecule has 0 unspecified atom stereocenters. The van der Waals surface area contributed by atoms with Crippen molar-refractivity contribution in [3.05, 3.63) is 59.7 Å². The van der Waals surface area contributed by atoms with Gasteiger partial charge in [-0.3, -0.25) is 4.79 Å². The van der Waals surface area contributed by atoms with Crippen molar-refractivity contribution < 1.29 is 14.3 Å². The Morgan fingerprint density at radius 1 is 1.00 bits per heavy atom. The number of hydrogen-bond acceptors (Lipinski definition) is 3. The molecule has 25 heavy (non-hydrogen) atoms. The summed E-state index contributed by atoms with van der Waals surface area (Å²) < 4.78 is 11.2. The van der Waals surface area contributed by atoms with Crippen LogP contribution in [0.1, 0.15) is 49.0 Å². The normalized spacial score (nSPS) is 15.1. The highest BCUT2D eigenvalue weighted by Gasteiger charge is 2.40. The molecule has 1 saturated carbocycles. The van der Waals surface area contributed by atoms with E-state index in [1.165, 1.54) is 5.56 Å². The van der Waals surface area contributed by atoms with Gasteiger partial charge in [-0.2, -0.15) is 0 Å². The van der Waals surface area contributed by atoms with Gasteiger partial charge in [0.15, 0.2) is 11.5 Å². The largest absolute Gasteiger partial charge is 0.490 e. The van der Waals surface area contributed by atoms with Gasteiger partial charge < -0.3 is 14.8 Å². The van der Waals surface area contributed by atoms with E-state index in [1.807, 2.05) is 32.0 Å². The van der Waals surface area contributed by atoms with Gasteiger partial charge in [0.1, 0.15) is 0 Å². The smallest absolute Gasteiger partial charge is 0.252 e. The Hall–Kier alpha value is -2.49. The number of benzene rings is 2. The quantitative estimate of drug-likeness (QED) is 0.818. The Labute approximate surface area is 149 Å². The molecule has 2 aromatic rings. The van der Waals surface area contributed by atoms with E-state index >= 15 is 0 Å². The lowest BCUT2D eigenvalue weighted by Crippen LogP contribution is -2.50. The zero-order chi connectivity index (χ0) is 17.7. The SMILES string of the molecule is CCOc1ccc(C(=O)NC2(c3ccccc3)CCC2)cc1OCC. The standard InChI is InChI=1S/C21H25NO3/c1-3-24-18-12-11-16(15-19(18)25-4-2)20(23)22-21(13-8-14-21)17-9-6-5-7-10-17/h5-7,9-12,15H,3-4,8,13-14H2,1-2H3,(H,22,23). The maximum absolute atomic E-state index is 12.8. The molecule has 4 heteroatoms. The highest BCUT2D eigenvalue weighted by Crippen LogP contribution is 2.41. The second-order valence-corrected chi connectivity index (χ2v) is 6.28. The summed E-state index contributed by atoms with van der Waals surface area (Å²) in [6, 6.07) is 15.6. The fourth-order valence-corrected chi connectivity index (χ4v) is 3.26. The van der Waals surface area contributed by atoms with Crippen LogP contribution in [0.2, 0.25) is 0 Å². The molecule has 3 rings (SSSR count). The molecule has 132 valence electrons. The molecule has 0 saturated heterocycles. The van der Waals surface area contributed by atoms with Gasteiger partial charge in [0, 0.05) is 5.56 Å². The van der Waals surface area contributed by atoms with Gasteiger partial charge in [0.05, 0.1) is 18.8 Å². The number of carbonyl (C=O) groups is 1. The number of ether oxygens (including phenoxy) is 2. The summed E-state index contributed by atoms with van der Waals surface area (Å²) in [5.41, 5.74) is 1.52. The summed E-state index contributed by atoms with van der Waals surface area (Å²) in [5.74, 6) is 1.20. The summed E-state index contributed by atoms with van der Waals surface area (Å²) >= 11 is 0. The predicted molar refractivity (Wildman–Crippen MR) is 98.2 cm³/mol. The first-order chi connectivity index (χ1) is 12.2. The molecular weight excluding hydrogens is 314 g/mol. The van der Waals surface area contributed by atoms with E-state index in [2.05, 4.69) is 17.4 Å². The zero-order valence-corrected chi connectivity index (χ0v) is 14.9. The number of amides is 1. The zero-order valence-electron chi connectivity index (χ0n) is 14.9. The summed E-state index contributed by atoms with van der Waals surface area (Å²) in [5, 5.41) is 3.25. The van der Waals surface area contributed by atoms with E-state index in [1.54, 1.807) is 18.2 Å². The van der Waals surface area contributed by atoms with E-state index in [0.717, 1.165) is 19.3 Å². The molecular formula is C21H25NO3.